The summed E-state index contributed by atoms with van der Waals surface area (Å²) in [5.74, 6) is -1.46. The highest BCUT2D eigenvalue weighted by Gasteiger charge is 2.36. The smallest absolute Gasteiger partial charge is 0.419 e. The highest BCUT2D eigenvalue weighted by molar-refractivity contribution is 6.29. The lowest BCUT2D eigenvalue weighted by Gasteiger charge is -2.28. The van der Waals surface area contributed by atoms with Gasteiger partial charge < -0.3 is 10.1 Å². The Hall–Kier alpha value is -3.07. The van der Waals surface area contributed by atoms with Gasteiger partial charge in [0.25, 0.3) is 0 Å². The number of amides is 1. The third-order valence-corrected chi connectivity index (χ3v) is 4.48. The summed E-state index contributed by atoms with van der Waals surface area (Å²) in [4.78, 5) is 18.0. The first-order valence-corrected chi connectivity index (χ1v) is 10.7. The zero-order valence-electron chi connectivity index (χ0n) is 19.5. The zero-order valence-corrected chi connectivity index (χ0v) is 20.2. The SMILES string of the molecule is C=C(/C=C(\NCC)c1cc(C)nc(Cl)c1)N(C(=O)OC(C)(C)C)c1ccc(F)c(C(F)(F)F)c1. The maximum absolute atomic E-state index is 13.9. The predicted molar refractivity (Wildman–Crippen MR) is 125 cm³/mol. The van der Waals surface area contributed by atoms with Crippen molar-refractivity contribution in [2.24, 2.45) is 0 Å². The molecule has 1 amide bonds. The second-order valence-electron chi connectivity index (χ2n) is 8.38. The number of hydrogen-bond acceptors (Lipinski definition) is 4. The molecule has 0 atom stereocenters. The number of nitrogens with one attached hydrogen (secondary N) is 1. The van der Waals surface area contributed by atoms with E-state index >= 15 is 0 Å². The van der Waals surface area contributed by atoms with E-state index in [1.54, 1.807) is 39.8 Å². The number of aryl methyl sites for hydroxylation is 1. The lowest BCUT2D eigenvalue weighted by molar-refractivity contribution is -0.139. The number of halogens is 5. The molecular formula is C24H26ClF4N3O2. The standard InChI is InChI=1S/C24H26ClF4N3O2/c1-7-30-20(16-10-14(2)31-21(25)12-16)11-15(3)32(22(33)34-23(4,5)6)17-8-9-19(26)18(13-17)24(27,28)29/h8-13,30H,3,7H2,1-2,4-6H3/b20-11-. The maximum Gasteiger partial charge on any atom is 0.419 e. The molecule has 34 heavy (non-hydrogen) atoms. The molecule has 2 rings (SSSR count). The third kappa shape index (κ3) is 7.21. The summed E-state index contributed by atoms with van der Waals surface area (Å²) in [6.07, 6.45) is -4.47. The Morgan fingerprint density at radius 3 is 2.41 bits per heavy atom. The fourth-order valence-corrected chi connectivity index (χ4v) is 3.26. The summed E-state index contributed by atoms with van der Waals surface area (Å²) in [5, 5.41) is 3.36. The minimum Gasteiger partial charge on any atom is -0.443 e. The Morgan fingerprint density at radius 1 is 1.24 bits per heavy atom. The fourth-order valence-electron chi connectivity index (χ4n) is 3.01. The molecule has 0 fully saturated rings. The van der Waals surface area contributed by atoms with E-state index in [0.717, 1.165) is 11.0 Å². The number of ether oxygens (including phenoxy) is 1. The lowest BCUT2D eigenvalue weighted by Crippen LogP contribution is -2.36. The normalized spacial score (nSPS) is 12.4. The molecule has 1 aromatic carbocycles. The van der Waals surface area contributed by atoms with E-state index in [1.165, 1.54) is 6.08 Å². The summed E-state index contributed by atoms with van der Waals surface area (Å²) >= 11 is 6.07. The molecule has 0 aliphatic heterocycles. The van der Waals surface area contributed by atoms with Crippen molar-refractivity contribution in [3.8, 4) is 0 Å². The monoisotopic (exact) mass is 499 g/mol. The summed E-state index contributed by atoms with van der Waals surface area (Å²) in [5.41, 5.74) is -0.995. The Morgan fingerprint density at radius 2 is 1.88 bits per heavy atom. The average Bonchev–Trinajstić information content (AvgIpc) is 2.66. The first-order valence-electron chi connectivity index (χ1n) is 10.3. The van der Waals surface area contributed by atoms with Gasteiger partial charge in [0.1, 0.15) is 16.6 Å². The molecule has 5 nitrogen and oxygen atoms in total. The number of hydrogen-bond donors (Lipinski definition) is 1. The van der Waals surface area contributed by atoms with Crippen LogP contribution in [0.2, 0.25) is 5.15 Å². The molecule has 0 bridgehead atoms. The molecule has 1 aromatic heterocycles. The molecular weight excluding hydrogens is 474 g/mol. The lowest BCUT2D eigenvalue weighted by atomic mass is 10.1. The maximum atomic E-state index is 13.9. The number of allylic oxidation sites excluding steroid dienone is 1. The van der Waals surface area contributed by atoms with E-state index in [2.05, 4.69) is 16.9 Å². The minimum absolute atomic E-state index is 0.0180. The molecule has 0 unspecified atom stereocenters. The van der Waals surface area contributed by atoms with Crippen molar-refractivity contribution in [1.82, 2.24) is 10.3 Å². The quantitative estimate of drug-likeness (QED) is 0.261. The highest BCUT2D eigenvalue weighted by Crippen LogP contribution is 2.35. The molecule has 2 aromatic rings. The van der Waals surface area contributed by atoms with Gasteiger partial charge in [-0.3, -0.25) is 0 Å². The molecule has 0 aliphatic carbocycles. The first-order chi connectivity index (χ1) is 15.6. The van der Waals surface area contributed by atoms with Gasteiger partial charge in [0.05, 0.1) is 11.3 Å². The zero-order chi connectivity index (χ0) is 25.8. The summed E-state index contributed by atoms with van der Waals surface area (Å²) in [7, 11) is 0. The molecule has 1 heterocycles. The van der Waals surface area contributed by atoms with Crippen molar-refractivity contribution in [1.29, 1.82) is 0 Å². The van der Waals surface area contributed by atoms with E-state index in [9.17, 15) is 22.4 Å². The van der Waals surface area contributed by atoms with Gasteiger partial charge in [0, 0.05) is 29.2 Å². The molecule has 10 heteroatoms. The molecule has 0 saturated carbocycles. The van der Waals surface area contributed by atoms with Gasteiger partial charge in [-0.15, -0.1) is 0 Å². The topological polar surface area (TPSA) is 54.5 Å². The second-order valence-corrected chi connectivity index (χ2v) is 8.76. The number of alkyl halides is 3. The molecule has 1 N–H and O–H groups in total. The highest BCUT2D eigenvalue weighted by atomic mass is 35.5. The summed E-state index contributed by atoms with van der Waals surface area (Å²) < 4.78 is 59.3. The van der Waals surface area contributed by atoms with Crippen LogP contribution in [0.1, 0.15) is 44.5 Å². The van der Waals surface area contributed by atoms with E-state index in [-0.39, 0.29) is 16.5 Å². The van der Waals surface area contributed by atoms with Crippen LogP contribution in [0.3, 0.4) is 0 Å². The number of benzene rings is 1. The van der Waals surface area contributed by atoms with Crippen LogP contribution in [0.15, 0.2) is 48.7 Å². The van der Waals surface area contributed by atoms with Gasteiger partial charge in [0.2, 0.25) is 0 Å². The Kier molecular flexibility index (Phi) is 8.36. The molecule has 0 aliphatic rings. The molecule has 0 saturated heterocycles. The number of carbonyl (C=O) groups excluding carboxylic acids is 1. The molecule has 0 spiro atoms. The van der Waals surface area contributed by atoms with Gasteiger partial charge >= 0.3 is 12.3 Å². The van der Waals surface area contributed by atoms with Crippen LogP contribution in [0, 0.1) is 12.7 Å². The Bertz CT molecular complexity index is 1090. The van der Waals surface area contributed by atoms with Crippen molar-refractivity contribution in [3.05, 3.63) is 76.5 Å². The van der Waals surface area contributed by atoms with E-state index < -0.39 is 29.3 Å². The molecule has 184 valence electrons. The van der Waals surface area contributed by atoms with Crippen molar-refractivity contribution in [2.45, 2.75) is 46.4 Å². The minimum atomic E-state index is -4.96. The van der Waals surface area contributed by atoms with Crippen LogP contribution < -0.4 is 10.2 Å². The fraction of sp³-hybridized carbons (Fsp3) is 0.333. The van der Waals surface area contributed by atoms with Crippen molar-refractivity contribution in [2.75, 3.05) is 11.4 Å². The number of pyridine rings is 1. The van der Waals surface area contributed by atoms with Crippen LogP contribution in [0.4, 0.5) is 28.0 Å². The molecule has 0 radical (unpaired) electrons. The predicted octanol–water partition coefficient (Wildman–Crippen LogP) is 7.11. The van der Waals surface area contributed by atoms with Crippen molar-refractivity contribution >= 4 is 29.1 Å². The van der Waals surface area contributed by atoms with Crippen LogP contribution in [0.25, 0.3) is 5.70 Å². The van der Waals surface area contributed by atoms with Crippen LogP contribution in [-0.2, 0) is 10.9 Å². The average molecular weight is 500 g/mol. The number of carbonyl (C=O) groups is 1. The second kappa shape index (κ2) is 10.5. The summed E-state index contributed by atoms with van der Waals surface area (Å²) in [6, 6.07) is 5.56. The van der Waals surface area contributed by atoms with E-state index in [1.807, 2.05) is 6.92 Å². The summed E-state index contributed by atoms with van der Waals surface area (Å²) in [6.45, 7) is 12.8. The Labute approximate surface area is 201 Å². The van der Waals surface area contributed by atoms with Gasteiger partial charge in [-0.1, -0.05) is 18.2 Å². The van der Waals surface area contributed by atoms with Crippen LogP contribution >= 0.6 is 11.6 Å². The van der Waals surface area contributed by atoms with Gasteiger partial charge in [-0.25, -0.2) is 19.1 Å². The largest absolute Gasteiger partial charge is 0.443 e. The number of anilines is 1. The van der Waals surface area contributed by atoms with E-state index in [4.69, 9.17) is 16.3 Å². The number of nitrogens with zero attached hydrogens (tertiary/aromatic N) is 2. The number of rotatable bonds is 6. The third-order valence-electron chi connectivity index (χ3n) is 4.29. The van der Waals surface area contributed by atoms with Crippen molar-refractivity contribution < 1.29 is 27.1 Å². The van der Waals surface area contributed by atoms with Crippen molar-refractivity contribution in [3.63, 3.8) is 0 Å². The Balaban J connectivity index is 2.64. The number of aromatic nitrogens is 1. The van der Waals surface area contributed by atoms with Gasteiger partial charge in [-0.05, 0) is 71.0 Å². The van der Waals surface area contributed by atoms with Crippen LogP contribution in [-0.4, -0.2) is 23.2 Å². The van der Waals surface area contributed by atoms with E-state index in [0.29, 0.717) is 35.6 Å². The van der Waals surface area contributed by atoms with Gasteiger partial charge in [0.15, 0.2) is 0 Å². The first kappa shape index (κ1) is 27.2. The van der Waals surface area contributed by atoms with Gasteiger partial charge in [-0.2, -0.15) is 13.2 Å². The van der Waals surface area contributed by atoms with Crippen LogP contribution in [0.5, 0.6) is 0 Å².